The SMILES string of the molecule is CCCCCCCCC(=O)OCCOCCOCCOCCOCCOCCOCCOCCOCCOCCOCCCNC(=O)CCC(=O)O. The summed E-state index contributed by atoms with van der Waals surface area (Å²) in [5, 5.41) is 11.2. The average molecular weight is 756 g/mol. The summed E-state index contributed by atoms with van der Waals surface area (Å²) in [7, 11) is 0. The van der Waals surface area contributed by atoms with Gasteiger partial charge in [0, 0.05) is 26.0 Å². The molecular weight excluding hydrogens is 686 g/mol. The molecule has 0 fully saturated rings. The Morgan fingerprint density at radius 1 is 0.404 bits per heavy atom. The Morgan fingerprint density at radius 3 is 1.13 bits per heavy atom. The third-order valence-electron chi connectivity index (χ3n) is 6.93. The van der Waals surface area contributed by atoms with Crippen LogP contribution in [-0.4, -0.2) is 168 Å². The number of nitrogens with one attached hydrogen (secondary N) is 1. The molecule has 0 aromatic rings. The monoisotopic (exact) mass is 755 g/mol. The highest BCUT2D eigenvalue weighted by molar-refractivity contribution is 5.80. The Morgan fingerprint density at radius 2 is 0.750 bits per heavy atom. The molecule has 2 N–H and O–H groups in total. The molecule has 0 aromatic carbocycles. The van der Waals surface area contributed by atoms with Crippen LogP contribution < -0.4 is 5.32 Å². The zero-order chi connectivity index (χ0) is 37.8. The smallest absolute Gasteiger partial charge is 0.305 e. The number of aliphatic carboxylic acids is 1. The van der Waals surface area contributed by atoms with Crippen LogP contribution in [0.5, 0.6) is 0 Å². The van der Waals surface area contributed by atoms with E-state index < -0.39 is 5.97 Å². The summed E-state index contributed by atoms with van der Waals surface area (Å²) < 4.78 is 59.7. The second-order valence-electron chi connectivity index (χ2n) is 11.5. The van der Waals surface area contributed by atoms with Crippen molar-refractivity contribution in [3.05, 3.63) is 0 Å². The van der Waals surface area contributed by atoms with Crippen LogP contribution in [0.1, 0.15) is 71.1 Å². The van der Waals surface area contributed by atoms with Gasteiger partial charge < -0.3 is 62.5 Å². The first kappa shape index (κ1) is 50.0. The Hall–Kier alpha value is -1.99. The first-order valence-corrected chi connectivity index (χ1v) is 19.0. The number of carboxylic acids is 1. The largest absolute Gasteiger partial charge is 0.481 e. The van der Waals surface area contributed by atoms with Crippen LogP contribution in [0.4, 0.5) is 0 Å². The first-order valence-electron chi connectivity index (χ1n) is 19.0. The van der Waals surface area contributed by atoms with Crippen LogP contribution in [-0.2, 0) is 66.5 Å². The predicted octanol–water partition coefficient (Wildman–Crippen LogP) is 2.82. The molecule has 1 amide bonds. The minimum Gasteiger partial charge on any atom is -0.481 e. The van der Waals surface area contributed by atoms with Gasteiger partial charge in [0.2, 0.25) is 5.91 Å². The van der Waals surface area contributed by atoms with Crippen molar-refractivity contribution in [3.8, 4) is 0 Å². The highest BCUT2D eigenvalue weighted by atomic mass is 16.6. The molecule has 52 heavy (non-hydrogen) atoms. The summed E-state index contributed by atoms with van der Waals surface area (Å²) in [4.78, 5) is 33.4. The van der Waals surface area contributed by atoms with Gasteiger partial charge in [0.25, 0.3) is 0 Å². The topological polar surface area (TPSA) is 185 Å². The van der Waals surface area contributed by atoms with E-state index in [4.69, 9.17) is 57.2 Å². The Labute approximate surface area is 311 Å². The maximum absolute atomic E-state index is 11.7. The third kappa shape index (κ3) is 44.2. The second-order valence-corrected chi connectivity index (χ2v) is 11.5. The Kier molecular flexibility index (Phi) is 41.8. The van der Waals surface area contributed by atoms with Crippen molar-refractivity contribution in [2.75, 3.05) is 145 Å². The van der Waals surface area contributed by atoms with E-state index in [1.807, 2.05) is 0 Å². The molecule has 0 saturated heterocycles. The molecule has 0 atom stereocenters. The molecule has 0 saturated carbocycles. The summed E-state index contributed by atoms with van der Waals surface area (Å²) >= 11 is 0. The fourth-order valence-corrected chi connectivity index (χ4v) is 4.13. The van der Waals surface area contributed by atoms with Gasteiger partial charge in [-0.25, -0.2) is 0 Å². The molecule has 0 aliphatic heterocycles. The van der Waals surface area contributed by atoms with Crippen molar-refractivity contribution >= 4 is 17.8 Å². The number of hydrogen-bond donors (Lipinski definition) is 2. The molecule has 0 heterocycles. The molecule has 0 aromatic heterocycles. The van der Waals surface area contributed by atoms with E-state index in [2.05, 4.69) is 12.2 Å². The molecule has 0 rings (SSSR count). The summed E-state index contributed by atoms with van der Waals surface area (Å²) in [6.07, 6.45) is 7.85. The van der Waals surface area contributed by atoms with Gasteiger partial charge in [-0.05, 0) is 12.8 Å². The van der Waals surface area contributed by atoms with E-state index in [0.717, 1.165) is 12.8 Å². The molecule has 308 valence electrons. The van der Waals surface area contributed by atoms with Crippen LogP contribution in [0.2, 0.25) is 0 Å². The fraction of sp³-hybridized carbons (Fsp3) is 0.917. The molecule has 0 spiro atoms. The maximum Gasteiger partial charge on any atom is 0.305 e. The van der Waals surface area contributed by atoms with E-state index in [-0.39, 0.29) is 31.3 Å². The summed E-state index contributed by atoms with van der Waals surface area (Å²) in [6, 6.07) is 0. The molecule has 16 heteroatoms. The number of carboxylic acid groups (broad SMARTS) is 1. The van der Waals surface area contributed by atoms with Crippen molar-refractivity contribution in [2.24, 2.45) is 0 Å². The molecule has 0 radical (unpaired) electrons. The lowest BCUT2D eigenvalue weighted by Gasteiger charge is -2.09. The van der Waals surface area contributed by atoms with Gasteiger partial charge in [0.15, 0.2) is 0 Å². The van der Waals surface area contributed by atoms with E-state index in [9.17, 15) is 14.4 Å². The second kappa shape index (κ2) is 43.4. The molecule has 0 unspecified atom stereocenters. The number of ether oxygens (including phenoxy) is 11. The van der Waals surface area contributed by atoms with Gasteiger partial charge >= 0.3 is 11.9 Å². The standard InChI is InChI=1S/C36H69NO15/c1-2-3-4-5-6-7-9-36(41)52-33-32-51-31-30-50-29-28-49-27-26-48-25-24-47-23-22-46-21-20-45-19-18-44-17-16-43-15-14-42-13-8-12-37-34(38)10-11-35(39)40/h2-33H2,1H3,(H,37,38)(H,39,40). The highest BCUT2D eigenvalue weighted by Crippen LogP contribution is 2.07. The van der Waals surface area contributed by atoms with Crippen molar-refractivity contribution in [3.63, 3.8) is 0 Å². The van der Waals surface area contributed by atoms with E-state index >= 15 is 0 Å². The third-order valence-corrected chi connectivity index (χ3v) is 6.93. The van der Waals surface area contributed by atoms with Crippen LogP contribution >= 0.6 is 0 Å². The van der Waals surface area contributed by atoms with Gasteiger partial charge in [0.05, 0.1) is 132 Å². The number of carbonyl (C=O) groups is 3. The van der Waals surface area contributed by atoms with Gasteiger partial charge in [0.1, 0.15) is 6.61 Å². The minimum absolute atomic E-state index is 0.0125. The number of esters is 1. The molecule has 0 aliphatic rings. The van der Waals surface area contributed by atoms with Crippen LogP contribution in [0.3, 0.4) is 0 Å². The zero-order valence-electron chi connectivity index (χ0n) is 31.8. The first-order chi connectivity index (χ1) is 25.6. The number of unbranched alkanes of at least 4 members (excludes halogenated alkanes) is 5. The zero-order valence-corrected chi connectivity index (χ0v) is 31.8. The molecule has 0 bridgehead atoms. The Balaban J connectivity index is 3.12. The number of amides is 1. The lowest BCUT2D eigenvalue weighted by molar-refractivity contribution is -0.145. The normalized spacial score (nSPS) is 11.2. The minimum atomic E-state index is -0.985. The quantitative estimate of drug-likeness (QED) is 0.0683. The molecular formula is C36H69NO15. The maximum atomic E-state index is 11.7. The van der Waals surface area contributed by atoms with Crippen LogP contribution in [0, 0.1) is 0 Å². The summed E-state index contributed by atoms with van der Waals surface area (Å²) in [6.45, 7) is 12.2. The number of rotatable bonds is 44. The van der Waals surface area contributed by atoms with Gasteiger partial charge in [-0.3, -0.25) is 14.4 Å². The van der Waals surface area contributed by atoms with Gasteiger partial charge in [-0.1, -0.05) is 39.0 Å². The number of hydrogen-bond acceptors (Lipinski definition) is 14. The summed E-state index contributed by atoms with van der Waals surface area (Å²) in [5.41, 5.74) is 0. The fourth-order valence-electron chi connectivity index (χ4n) is 4.13. The molecule has 0 aliphatic carbocycles. The van der Waals surface area contributed by atoms with Gasteiger partial charge in [-0.2, -0.15) is 0 Å². The number of carbonyl (C=O) groups excluding carboxylic acids is 2. The van der Waals surface area contributed by atoms with E-state index in [1.54, 1.807) is 0 Å². The van der Waals surface area contributed by atoms with Crippen molar-refractivity contribution in [1.82, 2.24) is 5.32 Å². The van der Waals surface area contributed by atoms with Crippen LogP contribution in [0.25, 0.3) is 0 Å². The predicted molar refractivity (Wildman–Crippen MR) is 192 cm³/mol. The summed E-state index contributed by atoms with van der Waals surface area (Å²) in [5.74, 6) is -1.40. The average Bonchev–Trinajstić information content (AvgIpc) is 3.13. The Bertz CT molecular complexity index is 778. The van der Waals surface area contributed by atoms with E-state index in [0.29, 0.717) is 152 Å². The van der Waals surface area contributed by atoms with Crippen molar-refractivity contribution < 1.29 is 71.6 Å². The van der Waals surface area contributed by atoms with Gasteiger partial charge in [-0.15, -0.1) is 0 Å². The van der Waals surface area contributed by atoms with Crippen LogP contribution in [0.15, 0.2) is 0 Å². The highest BCUT2D eigenvalue weighted by Gasteiger charge is 2.05. The van der Waals surface area contributed by atoms with E-state index in [1.165, 1.54) is 25.7 Å². The lowest BCUT2D eigenvalue weighted by Crippen LogP contribution is -2.25. The van der Waals surface area contributed by atoms with Crippen molar-refractivity contribution in [1.29, 1.82) is 0 Å². The lowest BCUT2D eigenvalue weighted by atomic mass is 10.1. The molecule has 16 nitrogen and oxygen atoms in total. The van der Waals surface area contributed by atoms with Crippen molar-refractivity contribution in [2.45, 2.75) is 71.1 Å².